The molecule has 1 saturated heterocycles. The number of ether oxygens (including phenoxy) is 2. The van der Waals surface area contributed by atoms with Crippen LogP contribution in [-0.2, 0) is 27.1 Å². The summed E-state index contributed by atoms with van der Waals surface area (Å²) in [4.78, 5) is 30.6. The molecule has 37 heavy (non-hydrogen) atoms. The molecule has 2 aliphatic heterocycles. The number of hydrogen-bond acceptors (Lipinski definition) is 7. The van der Waals surface area contributed by atoms with E-state index in [1.807, 2.05) is 18.4 Å². The molecule has 0 saturated carbocycles. The maximum absolute atomic E-state index is 14.1. The zero-order chi connectivity index (χ0) is 25.8. The Morgan fingerprint density at radius 1 is 1.03 bits per heavy atom. The fourth-order valence-corrected chi connectivity index (χ4v) is 5.84. The first-order valence-electron chi connectivity index (χ1n) is 12.9. The summed E-state index contributed by atoms with van der Waals surface area (Å²) in [5.74, 6) is -0.239. The summed E-state index contributed by atoms with van der Waals surface area (Å²) < 4.78 is 25.3. The summed E-state index contributed by atoms with van der Waals surface area (Å²) >= 11 is 1.57. The van der Waals surface area contributed by atoms with Gasteiger partial charge >= 0.3 is 6.16 Å². The predicted molar refractivity (Wildman–Crippen MR) is 144 cm³/mol. The number of halogens is 1. The molecule has 2 aromatic carbocycles. The average molecular weight is 526 g/mol. The second kappa shape index (κ2) is 11.5. The lowest BCUT2D eigenvalue weighted by Gasteiger charge is -2.36. The normalized spacial score (nSPS) is 16.2. The molecule has 3 aromatic rings. The molecule has 0 atom stereocenters. The lowest BCUT2D eigenvalue weighted by Crippen LogP contribution is -2.47. The number of anilines is 2. The fourth-order valence-electron chi connectivity index (χ4n) is 5.01. The number of nitrogens with zero attached hydrogens (tertiary/aromatic N) is 3. The minimum Gasteiger partial charge on any atom is -0.434 e. The van der Waals surface area contributed by atoms with E-state index in [-0.39, 0.29) is 18.5 Å². The van der Waals surface area contributed by atoms with Gasteiger partial charge < -0.3 is 14.4 Å². The Balaban J connectivity index is 1.18. The molecule has 9 heteroatoms. The van der Waals surface area contributed by atoms with Gasteiger partial charge in [-0.3, -0.25) is 14.6 Å². The van der Waals surface area contributed by atoms with Crippen LogP contribution in [0.1, 0.15) is 30.9 Å². The second-order valence-electron chi connectivity index (χ2n) is 9.49. The molecule has 0 aliphatic carbocycles. The Kier molecular flexibility index (Phi) is 7.90. The van der Waals surface area contributed by atoms with Gasteiger partial charge in [0.15, 0.2) is 6.73 Å². The van der Waals surface area contributed by atoms with E-state index in [4.69, 9.17) is 9.47 Å². The predicted octanol–water partition coefficient (Wildman–Crippen LogP) is 5.21. The summed E-state index contributed by atoms with van der Waals surface area (Å²) in [5, 5.41) is 3.14. The summed E-state index contributed by atoms with van der Waals surface area (Å²) in [6.07, 6.45) is 1.89. The maximum Gasteiger partial charge on any atom is 0.510 e. The van der Waals surface area contributed by atoms with Crippen LogP contribution in [0.15, 0.2) is 41.8 Å². The number of aryl methyl sites for hydroxylation is 1. The Labute approximate surface area is 220 Å². The van der Waals surface area contributed by atoms with Crippen molar-refractivity contribution in [2.24, 2.45) is 0 Å². The number of carbonyl (C=O) groups excluding carboxylic acids is 2. The summed E-state index contributed by atoms with van der Waals surface area (Å²) in [7, 11) is 0. The van der Waals surface area contributed by atoms with Crippen LogP contribution < -0.4 is 9.80 Å². The fraction of sp³-hybridized carbons (Fsp3) is 0.429. The van der Waals surface area contributed by atoms with Crippen LogP contribution in [0.4, 0.5) is 20.6 Å². The smallest absolute Gasteiger partial charge is 0.434 e. The van der Waals surface area contributed by atoms with Crippen LogP contribution >= 0.6 is 11.3 Å². The lowest BCUT2D eigenvalue weighted by atomic mass is 9.98. The van der Waals surface area contributed by atoms with Crippen molar-refractivity contribution in [2.75, 3.05) is 55.9 Å². The van der Waals surface area contributed by atoms with E-state index in [0.29, 0.717) is 25.9 Å². The van der Waals surface area contributed by atoms with Crippen molar-refractivity contribution < 1.29 is 23.5 Å². The van der Waals surface area contributed by atoms with Gasteiger partial charge in [-0.25, -0.2) is 9.18 Å². The molecular weight excluding hydrogens is 493 g/mol. The van der Waals surface area contributed by atoms with Crippen LogP contribution in [0.3, 0.4) is 0 Å². The number of amides is 1. The van der Waals surface area contributed by atoms with Gasteiger partial charge in [0.05, 0.1) is 12.3 Å². The monoisotopic (exact) mass is 525 g/mol. The SMILES string of the molecule is CCCOC(=O)OCN1C(=O)CCc2ccc(CCN3CCN(c4cc(F)cc5sccc45)CC3)cc21. The second-order valence-corrected chi connectivity index (χ2v) is 10.4. The first-order chi connectivity index (χ1) is 18.0. The number of piperazine rings is 1. The number of carbonyl (C=O) groups is 2. The largest absolute Gasteiger partial charge is 0.510 e. The zero-order valence-corrected chi connectivity index (χ0v) is 21.9. The zero-order valence-electron chi connectivity index (χ0n) is 21.1. The quantitative estimate of drug-likeness (QED) is 0.377. The third-order valence-corrected chi connectivity index (χ3v) is 7.89. The standard InChI is InChI=1S/C28H32FN3O4S/c1-2-14-35-28(34)36-19-32-24-16-20(3-4-21(24)5-6-27(32)33)7-9-30-10-12-31(13-11-30)25-17-22(29)18-26-23(25)8-15-37-26/h3-4,8,15-18H,2,5-7,9-14,19H2,1H3. The molecule has 0 unspecified atom stereocenters. The number of benzene rings is 2. The van der Waals surface area contributed by atoms with Crippen LogP contribution in [0.2, 0.25) is 0 Å². The summed E-state index contributed by atoms with van der Waals surface area (Å²) in [5.41, 5.74) is 4.01. The van der Waals surface area contributed by atoms with E-state index < -0.39 is 6.16 Å². The van der Waals surface area contributed by atoms with Crippen LogP contribution in [0.25, 0.3) is 10.1 Å². The molecule has 7 nitrogen and oxygen atoms in total. The molecule has 1 fully saturated rings. The van der Waals surface area contributed by atoms with Gasteiger partial charge in [0, 0.05) is 54.9 Å². The molecule has 5 rings (SSSR count). The van der Waals surface area contributed by atoms with Gasteiger partial charge in [-0.05, 0) is 60.0 Å². The van der Waals surface area contributed by atoms with Crippen molar-refractivity contribution in [2.45, 2.75) is 32.6 Å². The van der Waals surface area contributed by atoms with E-state index >= 15 is 0 Å². The van der Waals surface area contributed by atoms with Crippen LogP contribution in [-0.4, -0.2) is 63.0 Å². The molecule has 0 bridgehead atoms. The number of thiophene rings is 1. The van der Waals surface area contributed by atoms with Crippen molar-refractivity contribution in [3.8, 4) is 0 Å². The molecule has 3 heterocycles. The highest BCUT2D eigenvalue weighted by Gasteiger charge is 2.26. The average Bonchev–Trinajstić information content (AvgIpc) is 3.38. The highest BCUT2D eigenvalue weighted by molar-refractivity contribution is 7.17. The van der Waals surface area contributed by atoms with Crippen molar-refractivity contribution in [1.29, 1.82) is 0 Å². The Morgan fingerprint density at radius 3 is 2.68 bits per heavy atom. The Bertz CT molecular complexity index is 1270. The van der Waals surface area contributed by atoms with Gasteiger partial charge in [-0.15, -0.1) is 11.3 Å². The van der Waals surface area contributed by atoms with Gasteiger partial charge in [-0.2, -0.15) is 0 Å². The van der Waals surface area contributed by atoms with E-state index in [1.54, 1.807) is 28.4 Å². The van der Waals surface area contributed by atoms with Gasteiger partial charge in [-0.1, -0.05) is 19.1 Å². The molecule has 1 aromatic heterocycles. The number of hydrogen-bond donors (Lipinski definition) is 0. The molecule has 196 valence electrons. The number of rotatable bonds is 8. The van der Waals surface area contributed by atoms with E-state index in [2.05, 4.69) is 28.0 Å². The van der Waals surface area contributed by atoms with Crippen molar-refractivity contribution in [3.63, 3.8) is 0 Å². The van der Waals surface area contributed by atoms with Gasteiger partial charge in [0.25, 0.3) is 0 Å². The highest BCUT2D eigenvalue weighted by atomic mass is 32.1. The molecular formula is C28H32FN3O4S. The summed E-state index contributed by atoms with van der Waals surface area (Å²) in [6, 6.07) is 11.6. The molecule has 2 aliphatic rings. The maximum atomic E-state index is 14.1. The van der Waals surface area contributed by atoms with Crippen molar-refractivity contribution in [3.05, 3.63) is 58.7 Å². The number of fused-ring (bicyclic) bond motifs is 2. The minimum absolute atomic E-state index is 0.0545. The summed E-state index contributed by atoms with van der Waals surface area (Å²) in [6.45, 7) is 6.48. The van der Waals surface area contributed by atoms with Crippen LogP contribution in [0.5, 0.6) is 0 Å². The van der Waals surface area contributed by atoms with E-state index in [1.165, 1.54) is 0 Å². The topological polar surface area (TPSA) is 62.3 Å². The third-order valence-electron chi connectivity index (χ3n) is 7.03. The first-order valence-corrected chi connectivity index (χ1v) is 13.8. The molecule has 0 N–H and O–H groups in total. The first kappa shape index (κ1) is 25.5. The van der Waals surface area contributed by atoms with Gasteiger partial charge in [0.1, 0.15) is 5.82 Å². The lowest BCUT2D eigenvalue weighted by molar-refractivity contribution is -0.119. The highest BCUT2D eigenvalue weighted by Crippen LogP contribution is 2.33. The molecule has 0 radical (unpaired) electrons. The molecule has 0 spiro atoms. The van der Waals surface area contributed by atoms with E-state index in [9.17, 15) is 14.0 Å². The molecule has 1 amide bonds. The van der Waals surface area contributed by atoms with Crippen LogP contribution in [0, 0.1) is 5.82 Å². The minimum atomic E-state index is -0.755. The Hall–Kier alpha value is -3.17. The Morgan fingerprint density at radius 2 is 1.86 bits per heavy atom. The van der Waals surface area contributed by atoms with Crippen molar-refractivity contribution in [1.82, 2.24) is 4.90 Å². The van der Waals surface area contributed by atoms with Crippen molar-refractivity contribution >= 4 is 44.9 Å². The van der Waals surface area contributed by atoms with Gasteiger partial charge in [0.2, 0.25) is 5.91 Å². The third kappa shape index (κ3) is 5.88. The van der Waals surface area contributed by atoms with E-state index in [0.717, 1.165) is 71.7 Å².